The SMILES string of the molecule is CC(C)(C)OC(=O)N[C@@H]1CC[C@@H](n2c(=O)[nH]c3cnc4c(ccn4S(=O)(=O)c4ccccc4)c32)C1. The van der Waals surface area contributed by atoms with Gasteiger partial charge in [0.15, 0.2) is 5.65 Å². The number of imidazole rings is 1. The zero-order chi connectivity index (χ0) is 25.0. The number of amides is 1. The predicted molar refractivity (Wildman–Crippen MR) is 131 cm³/mol. The lowest BCUT2D eigenvalue weighted by Gasteiger charge is -2.21. The van der Waals surface area contributed by atoms with Gasteiger partial charge in [-0.05, 0) is 58.2 Å². The first-order valence-corrected chi connectivity index (χ1v) is 12.9. The minimum Gasteiger partial charge on any atom is -0.444 e. The molecule has 10 nitrogen and oxygen atoms in total. The molecule has 1 amide bonds. The van der Waals surface area contributed by atoms with Crippen LogP contribution >= 0.6 is 0 Å². The molecule has 2 N–H and O–H groups in total. The molecule has 3 aromatic heterocycles. The van der Waals surface area contributed by atoms with Gasteiger partial charge in [0.1, 0.15) is 5.60 Å². The number of nitrogens with zero attached hydrogens (tertiary/aromatic N) is 3. The Kier molecular flexibility index (Phi) is 5.47. The summed E-state index contributed by atoms with van der Waals surface area (Å²) >= 11 is 0. The van der Waals surface area contributed by atoms with Crippen molar-refractivity contribution in [3.8, 4) is 0 Å². The van der Waals surface area contributed by atoms with Crippen LogP contribution in [0.25, 0.3) is 22.1 Å². The number of carbonyl (C=O) groups is 1. The zero-order valence-corrected chi connectivity index (χ0v) is 20.5. The first-order valence-electron chi connectivity index (χ1n) is 11.4. The van der Waals surface area contributed by atoms with Gasteiger partial charge < -0.3 is 15.0 Å². The molecule has 2 atom stereocenters. The molecule has 0 aliphatic heterocycles. The van der Waals surface area contributed by atoms with Gasteiger partial charge in [0.25, 0.3) is 10.0 Å². The third-order valence-corrected chi connectivity index (χ3v) is 7.83. The summed E-state index contributed by atoms with van der Waals surface area (Å²) in [6, 6.07) is 9.50. The van der Waals surface area contributed by atoms with E-state index in [2.05, 4.69) is 15.3 Å². The topological polar surface area (TPSA) is 128 Å². The number of alkyl carbamates (subject to hydrolysis) is 1. The maximum absolute atomic E-state index is 13.2. The molecule has 1 saturated carbocycles. The summed E-state index contributed by atoms with van der Waals surface area (Å²) in [6.45, 7) is 5.41. The van der Waals surface area contributed by atoms with Crippen LogP contribution in [0, 0.1) is 0 Å². The summed E-state index contributed by atoms with van der Waals surface area (Å²) in [5, 5.41) is 3.45. The molecule has 1 aliphatic carbocycles. The second kappa shape index (κ2) is 8.26. The van der Waals surface area contributed by atoms with Crippen molar-refractivity contribution < 1.29 is 17.9 Å². The number of aromatic nitrogens is 4. The lowest BCUT2D eigenvalue weighted by Crippen LogP contribution is -2.38. The van der Waals surface area contributed by atoms with Crippen molar-refractivity contribution in [2.75, 3.05) is 0 Å². The highest BCUT2D eigenvalue weighted by Crippen LogP contribution is 2.34. The van der Waals surface area contributed by atoms with Crippen LogP contribution in [0.15, 0.2) is 58.5 Å². The van der Waals surface area contributed by atoms with E-state index in [9.17, 15) is 18.0 Å². The Morgan fingerprint density at radius 2 is 1.91 bits per heavy atom. The van der Waals surface area contributed by atoms with Crippen molar-refractivity contribution in [2.45, 2.75) is 62.6 Å². The number of rotatable bonds is 4. The number of ether oxygens (including phenoxy) is 1. The number of hydrogen-bond donors (Lipinski definition) is 2. The molecule has 35 heavy (non-hydrogen) atoms. The minimum absolute atomic E-state index is 0.132. The number of aromatic amines is 1. The standard InChI is InChI=1S/C24H27N5O5S/c1-24(2,3)34-23(31)26-15-9-10-16(13-15)29-20-18-11-12-28(21(18)25-14-19(20)27-22(29)30)35(32,33)17-7-5-4-6-8-17/h4-8,11-12,14-16H,9-10,13H2,1-3H3,(H,26,31)(H,27,30)/t15-,16-/m1/s1. The summed E-state index contributed by atoms with van der Waals surface area (Å²) in [4.78, 5) is 32.5. The van der Waals surface area contributed by atoms with Crippen LogP contribution in [0.4, 0.5) is 4.79 Å². The van der Waals surface area contributed by atoms with Crippen LogP contribution < -0.4 is 11.0 Å². The van der Waals surface area contributed by atoms with Gasteiger partial charge in [0.05, 0.1) is 22.1 Å². The van der Waals surface area contributed by atoms with Crippen molar-refractivity contribution in [1.29, 1.82) is 0 Å². The largest absolute Gasteiger partial charge is 0.444 e. The van der Waals surface area contributed by atoms with Crippen molar-refractivity contribution in [3.63, 3.8) is 0 Å². The number of hydrogen-bond acceptors (Lipinski definition) is 6. The highest BCUT2D eigenvalue weighted by Gasteiger charge is 2.31. The number of benzene rings is 1. The number of carbonyl (C=O) groups excluding carboxylic acids is 1. The van der Waals surface area contributed by atoms with Crippen molar-refractivity contribution in [1.82, 2.24) is 23.8 Å². The third-order valence-electron chi connectivity index (χ3n) is 6.14. The van der Waals surface area contributed by atoms with Gasteiger partial charge in [-0.2, -0.15) is 0 Å². The number of pyridine rings is 1. The second-order valence-electron chi connectivity index (χ2n) is 9.80. The maximum atomic E-state index is 13.2. The Bertz CT molecular complexity index is 1580. The van der Waals surface area contributed by atoms with E-state index in [0.717, 1.165) is 3.97 Å². The molecule has 0 bridgehead atoms. The fourth-order valence-corrected chi connectivity index (χ4v) is 6.05. The molecular weight excluding hydrogens is 470 g/mol. The molecule has 0 saturated heterocycles. The monoisotopic (exact) mass is 497 g/mol. The number of H-pyrrole nitrogens is 1. The second-order valence-corrected chi connectivity index (χ2v) is 11.6. The lowest BCUT2D eigenvalue weighted by molar-refractivity contribution is 0.0505. The van der Waals surface area contributed by atoms with E-state index < -0.39 is 21.7 Å². The van der Waals surface area contributed by atoms with Gasteiger partial charge in [-0.3, -0.25) is 4.57 Å². The molecule has 4 aromatic rings. The summed E-state index contributed by atoms with van der Waals surface area (Å²) in [7, 11) is -3.86. The Hall–Kier alpha value is -3.60. The normalized spacial score (nSPS) is 18.8. The van der Waals surface area contributed by atoms with E-state index in [-0.39, 0.29) is 28.3 Å². The Balaban J connectivity index is 1.51. The van der Waals surface area contributed by atoms with Gasteiger partial charge in [0, 0.05) is 23.7 Å². The Morgan fingerprint density at radius 1 is 1.17 bits per heavy atom. The highest BCUT2D eigenvalue weighted by atomic mass is 32.2. The van der Waals surface area contributed by atoms with Crippen molar-refractivity contribution in [2.24, 2.45) is 0 Å². The molecule has 1 aromatic carbocycles. The van der Waals surface area contributed by atoms with Crippen LogP contribution in [0.2, 0.25) is 0 Å². The van der Waals surface area contributed by atoms with Gasteiger partial charge in [-0.25, -0.2) is 27.0 Å². The Labute approximate surface area is 202 Å². The van der Waals surface area contributed by atoms with E-state index in [1.807, 2.05) is 0 Å². The van der Waals surface area contributed by atoms with Crippen LogP contribution in [0.3, 0.4) is 0 Å². The fraction of sp³-hybridized carbons (Fsp3) is 0.375. The molecule has 184 valence electrons. The molecule has 0 spiro atoms. The molecule has 3 heterocycles. The fourth-order valence-electron chi connectivity index (χ4n) is 4.72. The van der Waals surface area contributed by atoms with E-state index >= 15 is 0 Å². The number of nitrogens with one attached hydrogen (secondary N) is 2. The van der Waals surface area contributed by atoms with Crippen LogP contribution in [-0.2, 0) is 14.8 Å². The van der Waals surface area contributed by atoms with E-state index in [4.69, 9.17) is 4.74 Å². The lowest BCUT2D eigenvalue weighted by atomic mass is 10.2. The van der Waals surface area contributed by atoms with E-state index in [1.54, 1.807) is 49.6 Å². The highest BCUT2D eigenvalue weighted by molar-refractivity contribution is 7.90. The van der Waals surface area contributed by atoms with Gasteiger partial charge in [-0.15, -0.1) is 0 Å². The van der Waals surface area contributed by atoms with E-state index in [0.29, 0.717) is 35.7 Å². The van der Waals surface area contributed by atoms with Crippen molar-refractivity contribution in [3.05, 3.63) is 59.3 Å². The first-order chi connectivity index (χ1) is 16.5. The van der Waals surface area contributed by atoms with Crippen LogP contribution in [-0.4, -0.2) is 44.7 Å². The van der Waals surface area contributed by atoms with Gasteiger partial charge in [0.2, 0.25) is 0 Å². The smallest absolute Gasteiger partial charge is 0.407 e. The average molecular weight is 498 g/mol. The minimum atomic E-state index is -3.86. The molecule has 0 unspecified atom stereocenters. The van der Waals surface area contributed by atoms with E-state index in [1.165, 1.54) is 24.5 Å². The molecule has 11 heteroatoms. The summed E-state index contributed by atoms with van der Waals surface area (Å²) in [6.07, 6.45) is 4.39. The predicted octanol–water partition coefficient (Wildman–Crippen LogP) is 3.53. The van der Waals surface area contributed by atoms with Crippen LogP contribution in [0.5, 0.6) is 0 Å². The van der Waals surface area contributed by atoms with Gasteiger partial charge in [-0.1, -0.05) is 18.2 Å². The molecule has 0 radical (unpaired) electrons. The third kappa shape index (κ3) is 4.20. The Morgan fingerprint density at radius 3 is 2.63 bits per heavy atom. The van der Waals surface area contributed by atoms with Gasteiger partial charge >= 0.3 is 11.8 Å². The molecule has 1 aliphatic rings. The first kappa shape index (κ1) is 23.2. The zero-order valence-electron chi connectivity index (χ0n) is 19.7. The van der Waals surface area contributed by atoms with Crippen molar-refractivity contribution >= 4 is 38.2 Å². The number of fused-ring (bicyclic) bond motifs is 3. The molecule has 1 fully saturated rings. The quantitative estimate of drug-likeness (QED) is 0.444. The molecular formula is C24H27N5O5S. The average Bonchev–Trinajstić information content (AvgIpc) is 3.48. The summed E-state index contributed by atoms with van der Waals surface area (Å²) in [5.74, 6) is 0. The summed E-state index contributed by atoms with van der Waals surface area (Å²) < 4.78 is 34.6. The summed E-state index contributed by atoms with van der Waals surface area (Å²) in [5.41, 5.74) is 0.485. The molecule has 5 rings (SSSR count). The maximum Gasteiger partial charge on any atom is 0.407 e. The van der Waals surface area contributed by atoms with Crippen LogP contribution in [0.1, 0.15) is 46.1 Å².